The minimum absolute atomic E-state index is 0.185. The highest BCUT2D eigenvalue weighted by atomic mass is 16.5. The second kappa shape index (κ2) is 7.10. The van der Waals surface area contributed by atoms with E-state index in [1.807, 2.05) is 20.8 Å². The molecule has 1 fully saturated rings. The van der Waals surface area contributed by atoms with Crippen LogP contribution in [0, 0.1) is 0 Å². The SMILES string of the molecule is CCCC(C)OCC(C)(NC1CC1)C(=O)OCC. The number of hydrogen-bond acceptors (Lipinski definition) is 4. The predicted octanol–water partition coefficient (Wildman–Crippen LogP) is 2.27. The van der Waals surface area contributed by atoms with Crippen LogP contribution < -0.4 is 5.32 Å². The van der Waals surface area contributed by atoms with Gasteiger partial charge in [-0.3, -0.25) is 5.32 Å². The zero-order chi connectivity index (χ0) is 13.6. The van der Waals surface area contributed by atoms with E-state index in [0.29, 0.717) is 19.3 Å². The Kier molecular flexibility index (Phi) is 6.09. The average molecular weight is 257 g/mol. The van der Waals surface area contributed by atoms with E-state index in [0.717, 1.165) is 25.7 Å². The minimum atomic E-state index is -0.709. The zero-order valence-electron chi connectivity index (χ0n) is 12.1. The first-order valence-electron chi connectivity index (χ1n) is 7.08. The lowest BCUT2D eigenvalue weighted by molar-refractivity contribution is -0.154. The quantitative estimate of drug-likeness (QED) is 0.644. The van der Waals surface area contributed by atoms with Crippen molar-refractivity contribution in [1.29, 1.82) is 0 Å². The topological polar surface area (TPSA) is 47.6 Å². The van der Waals surface area contributed by atoms with Gasteiger partial charge < -0.3 is 9.47 Å². The number of rotatable bonds is 9. The number of hydrogen-bond donors (Lipinski definition) is 1. The van der Waals surface area contributed by atoms with E-state index in [-0.39, 0.29) is 12.1 Å². The molecule has 0 saturated heterocycles. The highest BCUT2D eigenvalue weighted by Gasteiger charge is 2.40. The maximum absolute atomic E-state index is 12.0. The molecule has 2 atom stereocenters. The van der Waals surface area contributed by atoms with Gasteiger partial charge in [-0.1, -0.05) is 13.3 Å². The predicted molar refractivity (Wildman–Crippen MR) is 71.5 cm³/mol. The van der Waals surface area contributed by atoms with E-state index < -0.39 is 5.54 Å². The molecule has 0 heterocycles. The summed E-state index contributed by atoms with van der Waals surface area (Å²) >= 11 is 0. The van der Waals surface area contributed by atoms with E-state index in [2.05, 4.69) is 12.2 Å². The van der Waals surface area contributed by atoms with Gasteiger partial charge in [-0.15, -0.1) is 0 Å². The Morgan fingerprint density at radius 1 is 1.44 bits per heavy atom. The van der Waals surface area contributed by atoms with Crippen molar-refractivity contribution >= 4 is 5.97 Å². The maximum atomic E-state index is 12.0. The molecule has 0 aliphatic heterocycles. The van der Waals surface area contributed by atoms with E-state index in [1.54, 1.807) is 0 Å². The first-order valence-corrected chi connectivity index (χ1v) is 7.08. The lowest BCUT2D eigenvalue weighted by atomic mass is 10.0. The van der Waals surface area contributed by atoms with Gasteiger partial charge in [0.25, 0.3) is 0 Å². The lowest BCUT2D eigenvalue weighted by Crippen LogP contribution is -2.55. The molecule has 0 aromatic rings. The number of carbonyl (C=O) groups is 1. The van der Waals surface area contributed by atoms with Gasteiger partial charge in [0.05, 0.1) is 19.3 Å². The summed E-state index contributed by atoms with van der Waals surface area (Å²) in [5.74, 6) is -0.208. The molecule has 4 nitrogen and oxygen atoms in total. The molecule has 0 aromatic carbocycles. The Balaban J connectivity index is 2.50. The molecule has 0 amide bonds. The molecule has 1 aliphatic carbocycles. The van der Waals surface area contributed by atoms with Crippen molar-refractivity contribution in [2.45, 2.75) is 71.1 Å². The third-order valence-electron chi connectivity index (χ3n) is 3.18. The largest absolute Gasteiger partial charge is 0.465 e. The van der Waals surface area contributed by atoms with E-state index in [9.17, 15) is 4.79 Å². The van der Waals surface area contributed by atoms with Crippen LogP contribution in [0.2, 0.25) is 0 Å². The van der Waals surface area contributed by atoms with Gasteiger partial charge >= 0.3 is 5.97 Å². The van der Waals surface area contributed by atoms with Gasteiger partial charge in [-0.25, -0.2) is 4.79 Å². The van der Waals surface area contributed by atoms with Gasteiger partial charge in [0.15, 0.2) is 0 Å². The van der Waals surface area contributed by atoms with Gasteiger partial charge in [0.1, 0.15) is 5.54 Å². The monoisotopic (exact) mass is 257 g/mol. The summed E-state index contributed by atoms with van der Waals surface area (Å²) in [5.41, 5.74) is -0.709. The maximum Gasteiger partial charge on any atom is 0.328 e. The van der Waals surface area contributed by atoms with E-state index >= 15 is 0 Å². The minimum Gasteiger partial charge on any atom is -0.465 e. The highest BCUT2D eigenvalue weighted by Crippen LogP contribution is 2.24. The van der Waals surface area contributed by atoms with Gasteiger partial charge in [-0.05, 0) is 40.0 Å². The first-order chi connectivity index (χ1) is 8.51. The summed E-state index contributed by atoms with van der Waals surface area (Å²) in [6.07, 6.45) is 4.57. The van der Waals surface area contributed by atoms with Crippen molar-refractivity contribution in [3.05, 3.63) is 0 Å². The molecule has 1 N–H and O–H groups in total. The number of esters is 1. The summed E-state index contributed by atoms with van der Waals surface area (Å²) in [6, 6.07) is 0.449. The van der Waals surface area contributed by atoms with Crippen molar-refractivity contribution in [2.24, 2.45) is 0 Å². The molecule has 0 radical (unpaired) electrons. The number of ether oxygens (including phenoxy) is 2. The van der Waals surface area contributed by atoms with E-state index in [4.69, 9.17) is 9.47 Å². The molecule has 106 valence electrons. The van der Waals surface area contributed by atoms with Crippen molar-refractivity contribution in [3.8, 4) is 0 Å². The average Bonchev–Trinajstić information content (AvgIpc) is 3.11. The van der Waals surface area contributed by atoms with Crippen molar-refractivity contribution in [2.75, 3.05) is 13.2 Å². The summed E-state index contributed by atoms with van der Waals surface area (Å²) < 4.78 is 10.9. The molecule has 2 unspecified atom stereocenters. The standard InChI is InChI=1S/C14H27NO3/c1-5-7-11(3)18-10-14(4,13(16)17-6-2)15-12-8-9-12/h11-12,15H,5-10H2,1-4H3. The molecule has 0 spiro atoms. The third-order valence-corrected chi connectivity index (χ3v) is 3.18. The third kappa shape index (κ3) is 4.94. The summed E-state index contributed by atoms with van der Waals surface area (Å²) in [4.78, 5) is 12.0. The number of carbonyl (C=O) groups excluding carboxylic acids is 1. The fourth-order valence-electron chi connectivity index (χ4n) is 1.93. The molecule has 1 saturated carbocycles. The van der Waals surface area contributed by atoms with Crippen LogP contribution in [0.3, 0.4) is 0 Å². The van der Waals surface area contributed by atoms with Crippen LogP contribution in [0.15, 0.2) is 0 Å². The Labute approximate surface area is 110 Å². The van der Waals surface area contributed by atoms with Crippen molar-refractivity contribution in [1.82, 2.24) is 5.32 Å². The van der Waals surface area contributed by atoms with Crippen LogP contribution in [-0.2, 0) is 14.3 Å². The second-order valence-electron chi connectivity index (χ2n) is 5.38. The summed E-state index contributed by atoms with van der Waals surface area (Å²) in [7, 11) is 0. The van der Waals surface area contributed by atoms with Gasteiger partial charge in [0.2, 0.25) is 0 Å². The molecule has 1 rings (SSSR count). The molecule has 0 bridgehead atoms. The fraction of sp³-hybridized carbons (Fsp3) is 0.929. The Hall–Kier alpha value is -0.610. The molecule has 1 aliphatic rings. The Morgan fingerprint density at radius 2 is 2.11 bits per heavy atom. The molecule has 18 heavy (non-hydrogen) atoms. The number of nitrogens with one attached hydrogen (secondary N) is 1. The highest BCUT2D eigenvalue weighted by molar-refractivity contribution is 5.80. The van der Waals surface area contributed by atoms with Crippen LogP contribution in [0.25, 0.3) is 0 Å². The van der Waals surface area contributed by atoms with Gasteiger partial charge in [-0.2, -0.15) is 0 Å². The summed E-state index contributed by atoms with van der Waals surface area (Å²) in [5, 5.41) is 3.35. The fourth-order valence-corrected chi connectivity index (χ4v) is 1.93. The van der Waals surface area contributed by atoms with Crippen LogP contribution in [0.4, 0.5) is 0 Å². The zero-order valence-corrected chi connectivity index (χ0v) is 12.1. The van der Waals surface area contributed by atoms with E-state index in [1.165, 1.54) is 0 Å². The Morgan fingerprint density at radius 3 is 2.61 bits per heavy atom. The molecular formula is C14H27NO3. The van der Waals surface area contributed by atoms with Crippen molar-refractivity contribution in [3.63, 3.8) is 0 Å². The summed E-state index contributed by atoms with van der Waals surface area (Å²) in [6.45, 7) is 8.67. The van der Waals surface area contributed by atoms with Crippen LogP contribution in [-0.4, -0.2) is 36.9 Å². The molecular weight excluding hydrogens is 230 g/mol. The first kappa shape index (κ1) is 15.4. The van der Waals surface area contributed by atoms with Crippen LogP contribution >= 0.6 is 0 Å². The second-order valence-corrected chi connectivity index (χ2v) is 5.38. The van der Waals surface area contributed by atoms with Crippen LogP contribution in [0.5, 0.6) is 0 Å². The van der Waals surface area contributed by atoms with Crippen molar-refractivity contribution < 1.29 is 14.3 Å². The van der Waals surface area contributed by atoms with Crippen LogP contribution in [0.1, 0.15) is 53.4 Å². The smallest absolute Gasteiger partial charge is 0.328 e. The Bertz CT molecular complexity index is 266. The molecule has 0 aromatic heterocycles. The lowest BCUT2D eigenvalue weighted by Gasteiger charge is -2.29. The van der Waals surface area contributed by atoms with Gasteiger partial charge in [0, 0.05) is 6.04 Å². The normalized spacial score (nSPS) is 20.2. The molecule has 4 heteroatoms.